The molecule has 0 amide bonds. The second kappa shape index (κ2) is 6.59. The lowest BCUT2D eigenvalue weighted by Gasteiger charge is -1.88. The molecular weight excluding hydrogens is 199 g/mol. The van der Waals surface area contributed by atoms with Crippen molar-refractivity contribution in [3.8, 4) is 0 Å². The van der Waals surface area contributed by atoms with Crippen LogP contribution in [0.5, 0.6) is 0 Å². The molecule has 0 aromatic heterocycles. The largest absolute Gasteiger partial charge is 0.557 e. The number of hydrogen-bond acceptors (Lipinski definition) is 1. The number of halogens is 2. The molecular formula is C7H4Cl2N2O. The predicted molar refractivity (Wildman–Crippen MR) is 45.8 cm³/mol. The van der Waals surface area contributed by atoms with Crippen molar-refractivity contribution in [2.75, 3.05) is 0 Å². The molecule has 0 aliphatic heterocycles. The predicted octanol–water partition coefficient (Wildman–Crippen LogP) is 2.55. The third-order valence-electron chi connectivity index (χ3n) is 0.865. The summed E-state index contributed by atoms with van der Waals surface area (Å²) < 4.78 is 0. The maximum atomic E-state index is 8.63. The van der Waals surface area contributed by atoms with Gasteiger partial charge in [0.15, 0.2) is 0 Å². The summed E-state index contributed by atoms with van der Waals surface area (Å²) in [4.78, 5) is 10.6. The quantitative estimate of drug-likeness (QED) is 0.276. The molecule has 0 atom stereocenters. The third-order valence-corrected chi connectivity index (χ3v) is 1.62. The van der Waals surface area contributed by atoms with Crippen LogP contribution in [0, 0.1) is 0 Å². The van der Waals surface area contributed by atoms with Gasteiger partial charge in [-0.2, -0.15) is 0 Å². The van der Waals surface area contributed by atoms with Crippen LogP contribution < -0.4 is 0 Å². The average molecular weight is 203 g/mol. The minimum atomic E-state index is 0.606. The van der Waals surface area contributed by atoms with Gasteiger partial charge in [-0.15, -0.1) is 4.79 Å². The number of hydrogen-bond donors (Lipinski definition) is 0. The van der Waals surface area contributed by atoms with Gasteiger partial charge in [0.2, 0.25) is 0 Å². The van der Waals surface area contributed by atoms with E-state index in [1.54, 1.807) is 12.1 Å². The Kier molecular flexibility index (Phi) is 5.98. The van der Waals surface area contributed by atoms with Crippen molar-refractivity contribution >= 4 is 29.3 Å². The van der Waals surface area contributed by atoms with E-state index in [0.717, 1.165) is 6.08 Å². The molecule has 5 heteroatoms. The molecule has 0 heterocycles. The maximum Gasteiger partial charge on any atom is 0.557 e. The molecule has 0 unspecified atom stereocenters. The number of benzene rings is 1. The van der Waals surface area contributed by atoms with Crippen LogP contribution in [0.2, 0.25) is 10.0 Å². The maximum absolute atomic E-state index is 8.63. The topological polar surface area (TPSA) is 53.5 Å². The fourth-order valence-corrected chi connectivity index (χ4v) is 0.711. The van der Waals surface area contributed by atoms with E-state index >= 15 is 0 Å². The molecule has 0 radical (unpaired) electrons. The molecule has 0 aliphatic carbocycles. The summed E-state index contributed by atoms with van der Waals surface area (Å²) in [5.41, 5.74) is 7.08. The van der Waals surface area contributed by atoms with Gasteiger partial charge in [-0.25, -0.2) is 0 Å². The fraction of sp³-hybridized carbons (Fsp3) is 0. The van der Waals surface area contributed by atoms with Gasteiger partial charge in [-0.05, 0) is 12.1 Å². The summed E-state index contributed by atoms with van der Waals surface area (Å²) in [5.74, 6) is 0. The fourth-order valence-electron chi connectivity index (χ4n) is 0.439. The smallest absolute Gasteiger partial charge is 0.345 e. The standard InChI is InChI=1S/C6H4Cl2.CN2O/c7-5-3-1-2-4-6(5)8;2-3-1-4/h1-4H;. The van der Waals surface area contributed by atoms with Gasteiger partial charge in [0.1, 0.15) is 0 Å². The zero-order chi connectivity index (χ0) is 9.40. The minimum Gasteiger partial charge on any atom is -0.345 e. The van der Waals surface area contributed by atoms with Crippen molar-refractivity contribution in [2.24, 2.45) is 0 Å². The molecule has 12 heavy (non-hydrogen) atoms. The van der Waals surface area contributed by atoms with Gasteiger partial charge in [0.25, 0.3) is 0 Å². The van der Waals surface area contributed by atoms with Crippen molar-refractivity contribution < 1.29 is 9.58 Å². The lowest BCUT2D eigenvalue weighted by molar-refractivity contribution is -0.00453. The number of isocyanates is 1. The molecule has 0 spiro atoms. The van der Waals surface area contributed by atoms with Crippen LogP contribution in [0.4, 0.5) is 0 Å². The van der Waals surface area contributed by atoms with E-state index < -0.39 is 0 Å². The SMILES string of the molecule is Clc1ccccc1Cl.[N-]=[N+]=C=O. The molecule has 0 N–H and O–H groups in total. The van der Waals surface area contributed by atoms with Gasteiger partial charge in [-0.3, -0.25) is 0 Å². The highest BCUT2D eigenvalue weighted by Gasteiger charge is 1.89. The van der Waals surface area contributed by atoms with Crippen molar-refractivity contribution in [1.29, 1.82) is 0 Å². The zero-order valence-electron chi connectivity index (χ0n) is 5.87. The van der Waals surface area contributed by atoms with Gasteiger partial charge < -0.3 is 5.53 Å². The molecule has 1 aromatic carbocycles. The Hall–Kier alpha value is -1.11. The molecule has 1 rings (SSSR count). The van der Waals surface area contributed by atoms with Crippen LogP contribution in [0.3, 0.4) is 0 Å². The molecule has 0 aliphatic rings. The third kappa shape index (κ3) is 4.67. The first-order valence-electron chi connectivity index (χ1n) is 2.83. The molecule has 0 bridgehead atoms. The van der Waals surface area contributed by atoms with Crippen LogP contribution >= 0.6 is 23.2 Å². The lowest BCUT2D eigenvalue weighted by Crippen LogP contribution is -1.62. The van der Waals surface area contributed by atoms with E-state index in [1.807, 2.05) is 16.9 Å². The van der Waals surface area contributed by atoms with E-state index in [1.165, 1.54) is 0 Å². The van der Waals surface area contributed by atoms with Crippen molar-refractivity contribution in [1.82, 2.24) is 0 Å². The van der Waals surface area contributed by atoms with E-state index in [-0.39, 0.29) is 0 Å². The molecule has 3 nitrogen and oxygen atoms in total. The van der Waals surface area contributed by atoms with Gasteiger partial charge in [0, 0.05) is 0 Å². The highest BCUT2D eigenvalue weighted by Crippen LogP contribution is 2.19. The Morgan fingerprint density at radius 2 is 1.58 bits per heavy atom. The first-order chi connectivity index (χ1) is 5.72. The highest BCUT2D eigenvalue weighted by atomic mass is 35.5. The van der Waals surface area contributed by atoms with Gasteiger partial charge in [0.05, 0.1) is 10.0 Å². The molecule has 62 valence electrons. The van der Waals surface area contributed by atoms with E-state index in [9.17, 15) is 0 Å². The minimum absolute atomic E-state index is 0.606. The normalized spacial score (nSPS) is 7.17. The first-order valence-corrected chi connectivity index (χ1v) is 3.59. The zero-order valence-corrected chi connectivity index (χ0v) is 7.38. The second-order valence-electron chi connectivity index (χ2n) is 1.61. The Balaban J connectivity index is 0.000000261. The molecule has 0 fully saturated rings. The first kappa shape index (κ1) is 10.9. The Morgan fingerprint density at radius 1 is 1.25 bits per heavy atom. The average Bonchev–Trinajstić information content (AvgIpc) is 2.11. The van der Waals surface area contributed by atoms with Crippen LogP contribution in [0.1, 0.15) is 0 Å². The summed E-state index contributed by atoms with van der Waals surface area (Å²) in [7, 11) is 0. The Bertz CT molecular complexity index is 286. The van der Waals surface area contributed by atoms with Crippen LogP contribution in [-0.4, -0.2) is 10.9 Å². The van der Waals surface area contributed by atoms with Crippen molar-refractivity contribution in [3.05, 3.63) is 39.8 Å². The Morgan fingerprint density at radius 3 is 1.75 bits per heavy atom. The van der Waals surface area contributed by atoms with Crippen LogP contribution in [0.15, 0.2) is 24.3 Å². The number of carbonyl (C=O) groups excluding carboxylic acids is 1. The van der Waals surface area contributed by atoms with Crippen LogP contribution in [0.25, 0.3) is 5.53 Å². The molecule has 0 saturated carbocycles. The van der Waals surface area contributed by atoms with Crippen molar-refractivity contribution in [2.45, 2.75) is 0 Å². The second-order valence-corrected chi connectivity index (χ2v) is 2.42. The highest BCUT2D eigenvalue weighted by molar-refractivity contribution is 6.41. The number of nitrogens with zero attached hydrogens (tertiary/aromatic N) is 2. The van der Waals surface area contributed by atoms with E-state index in [0.29, 0.717) is 10.0 Å². The van der Waals surface area contributed by atoms with E-state index in [4.69, 9.17) is 33.5 Å². The summed E-state index contributed by atoms with van der Waals surface area (Å²) in [6.07, 6.45) is 0.861. The summed E-state index contributed by atoms with van der Waals surface area (Å²) in [6, 6.07) is 7.19. The van der Waals surface area contributed by atoms with E-state index in [2.05, 4.69) is 0 Å². The van der Waals surface area contributed by atoms with Crippen molar-refractivity contribution in [3.63, 3.8) is 0 Å². The van der Waals surface area contributed by atoms with Gasteiger partial charge >= 0.3 is 6.08 Å². The summed E-state index contributed by atoms with van der Waals surface area (Å²) in [5, 5.41) is 1.21. The van der Waals surface area contributed by atoms with Gasteiger partial charge in [-0.1, -0.05) is 40.1 Å². The molecule has 1 aromatic rings. The molecule has 0 saturated heterocycles. The number of rotatable bonds is 0. The summed E-state index contributed by atoms with van der Waals surface area (Å²) in [6.45, 7) is 0. The monoisotopic (exact) mass is 202 g/mol. The Labute approximate surface area is 79.2 Å². The lowest BCUT2D eigenvalue weighted by atomic mass is 10.4. The summed E-state index contributed by atoms with van der Waals surface area (Å²) >= 11 is 11.2. The van der Waals surface area contributed by atoms with Crippen LogP contribution in [-0.2, 0) is 4.79 Å².